The third-order valence-corrected chi connectivity index (χ3v) is 8.10. The predicted octanol–water partition coefficient (Wildman–Crippen LogP) is 9.24. The monoisotopic (exact) mass is 681 g/mol. The molecule has 1 aliphatic carbocycles. The molecule has 0 N–H and O–H groups in total. The molecule has 8 nitrogen and oxygen atoms in total. The highest BCUT2D eigenvalue weighted by molar-refractivity contribution is 6.12. The molecule has 51 heavy (non-hydrogen) atoms. The van der Waals surface area contributed by atoms with Crippen molar-refractivity contribution in [1.29, 1.82) is 0 Å². The Bertz CT molecular complexity index is 1940. The normalized spacial score (nSPS) is 16.2. The summed E-state index contributed by atoms with van der Waals surface area (Å²) in [5.74, 6) is 0.0583. The van der Waals surface area contributed by atoms with Gasteiger partial charge in [0.2, 0.25) is 0 Å². The maximum atomic E-state index is 13.9. The van der Waals surface area contributed by atoms with Gasteiger partial charge in [0.15, 0.2) is 5.76 Å². The first kappa shape index (κ1) is 36.1. The molecular weight excluding hydrogens is 638 g/mol. The third kappa shape index (κ3) is 9.30. The number of allylic oxidation sites excluding steroid dienone is 10. The maximum absolute atomic E-state index is 13.9. The number of amides is 1. The Morgan fingerprint density at radius 3 is 2.51 bits per heavy atom. The van der Waals surface area contributed by atoms with Gasteiger partial charge in [-0.3, -0.25) is 9.69 Å². The van der Waals surface area contributed by atoms with E-state index in [1.807, 2.05) is 92.8 Å². The zero-order valence-corrected chi connectivity index (χ0v) is 29.5. The van der Waals surface area contributed by atoms with E-state index in [-0.39, 0.29) is 29.9 Å². The van der Waals surface area contributed by atoms with Gasteiger partial charge in [-0.1, -0.05) is 85.0 Å². The van der Waals surface area contributed by atoms with Crippen LogP contribution in [0.5, 0.6) is 5.75 Å². The Labute approximate surface area is 300 Å². The molecule has 0 atom stereocenters. The number of rotatable bonds is 13. The molecule has 260 valence electrons. The number of amidine groups is 1. The molecule has 0 bridgehead atoms. The van der Waals surface area contributed by atoms with Crippen molar-refractivity contribution in [1.82, 2.24) is 4.90 Å². The molecule has 3 aromatic carbocycles. The summed E-state index contributed by atoms with van der Waals surface area (Å²) in [4.78, 5) is 35.0. The molecule has 0 aromatic heterocycles. The smallest absolute Gasteiger partial charge is 0.340 e. The number of carbonyl (C=O) groups is 2. The van der Waals surface area contributed by atoms with Crippen molar-refractivity contribution in [3.8, 4) is 5.75 Å². The summed E-state index contributed by atoms with van der Waals surface area (Å²) in [5.41, 5.74) is 5.46. The number of hydrogen-bond acceptors (Lipinski definition) is 7. The lowest BCUT2D eigenvalue weighted by Gasteiger charge is -2.27. The molecule has 1 amide bonds. The third-order valence-electron chi connectivity index (χ3n) is 8.10. The van der Waals surface area contributed by atoms with Crippen molar-refractivity contribution < 1.29 is 23.8 Å². The molecule has 1 fully saturated rings. The van der Waals surface area contributed by atoms with E-state index in [9.17, 15) is 9.59 Å². The van der Waals surface area contributed by atoms with Gasteiger partial charge in [0.25, 0.3) is 5.91 Å². The topological polar surface area (TPSA) is 80.7 Å². The van der Waals surface area contributed by atoms with E-state index < -0.39 is 5.97 Å². The average molecular weight is 682 g/mol. The molecule has 0 saturated carbocycles. The van der Waals surface area contributed by atoms with Crippen molar-refractivity contribution in [2.24, 2.45) is 4.99 Å². The zero-order chi connectivity index (χ0) is 36.0. The number of methoxy groups -OCH3 is 1. The Morgan fingerprint density at radius 2 is 1.78 bits per heavy atom. The molecule has 1 saturated heterocycles. The first-order valence-electron chi connectivity index (χ1n) is 17.0. The van der Waals surface area contributed by atoms with E-state index >= 15 is 0 Å². The SMILES string of the molecule is C\C=C/C=C\C(=C/C)N(C1=CCC=CC=C1)c1ccc(/C=C2/O/C(=N\c3ccccc3C(=O)OCC)N(CCc3ccc(OC)cc3)C2=O)cc1. The number of nitrogens with zero attached hydrogens (tertiary/aromatic N) is 3. The zero-order valence-electron chi connectivity index (χ0n) is 29.5. The van der Waals surface area contributed by atoms with E-state index in [2.05, 4.69) is 40.3 Å². The van der Waals surface area contributed by atoms with Crippen LogP contribution in [0.1, 0.15) is 48.7 Å². The summed E-state index contributed by atoms with van der Waals surface area (Å²) in [6.45, 7) is 6.29. The van der Waals surface area contributed by atoms with Gasteiger partial charge in [-0.05, 0) is 99.4 Å². The Balaban J connectivity index is 1.47. The van der Waals surface area contributed by atoms with Crippen LogP contribution >= 0.6 is 0 Å². The summed E-state index contributed by atoms with van der Waals surface area (Å²) in [6, 6.07) is 22.6. The lowest BCUT2D eigenvalue weighted by atomic mass is 10.1. The largest absolute Gasteiger partial charge is 0.497 e. The number of esters is 1. The van der Waals surface area contributed by atoms with Crippen molar-refractivity contribution in [2.45, 2.75) is 33.6 Å². The fraction of sp³-hybridized carbons (Fsp3) is 0.186. The van der Waals surface area contributed by atoms with Gasteiger partial charge >= 0.3 is 12.0 Å². The van der Waals surface area contributed by atoms with E-state index in [0.717, 1.165) is 40.4 Å². The number of aliphatic imine (C=N–C) groups is 1. The van der Waals surface area contributed by atoms with Gasteiger partial charge in [-0.2, -0.15) is 4.99 Å². The molecule has 1 aliphatic heterocycles. The molecule has 3 aromatic rings. The molecule has 0 radical (unpaired) electrons. The lowest BCUT2D eigenvalue weighted by molar-refractivity contribution is -0.122. The van der Waals surface area contributed by atoms with Gasteiger partial charge in [0.05, 0.1) is 25.0 Å². The molecule has 0 unspecified atom stereocenters. The summed E-state index contributed by atoms with van der Waals surface area (Å²) < 4.78 is 16.7. The maximum Gasteiger partial charge on any atom is 0.340 e. The van der Waals surface area contributed by atoms with E-state index in [0.29, 0.717) is 18.7 Å². The number of carbonyl (C=O) groups excluding carboxylic acids is 2. The van der Waals surface area contributed by atoms with Crippen LogP contribution in [-0.2, 0) is 20.7 Å². The highest BCUT2D eigenvalue weighted by Gasteiger charge is 2.35. The van der Waals surface area contributed by atoms with Crippen molar-refractivity contribution in [2.75, 3.05) is 25.2 Å². The minimum atomic E-state index is -0.499. The quantitative estimate of drug-likeness (QED) is 0.102. The molecular formula is C43H43N3O5. The minimum Gasteiger partial charge on any atom is -0.497 e. The Morgan fingerprint density at radius 1 is 1.00 bits per heavy atom. The van der Waals surface area contributed by atoms with Crippen LogP contribution in [0.2, 0.25) is 0 Å². The van der Waals surface area contributed by atoms with Gasteiger partial charge < -0.3 is 19.1 Å². The van der Waals surface area contributed by atoms with E-state index in [1.165, 1.54) is 4.90 Å². The summed E-state index contributed by atoms with van der Waals surface area (Å²) >= 11 is 0. The van der Waals surface area contributed by atoms with Crippen molar-refractivity contribution in [3.63, 3.8) is 0 Å². The Kier molecular flexibility index (Phi) is 12.8. The van der Waals surface area contributed by atoms with Gasteiger partial charge in [-0.15, -0.1) is 0 Å². The summed E-state index contributed by atoms with van der Waals surface area (Å²) in [7, 11) is 1.62. The van der Waals surface area contributed by atoms with Crippen molar-refractivity contribution >= 4 is 35.3 Å². The standard InChI is InChI=1S/C43H43N3O5/c1-5-8-11-16-34(6-2)46(35-17-12-9-10-13-18-35)36-25-21-33(22-26-36)31-40-41(47)45(30-29-32-23-27-37(49-4)28-24-32)43(51-40)44-39-20-15-14-19-38(39)42(48)50-7-3/h5-6,8-12,14-28,31H,7,13,29-30H2,1-4H3/b8-5-,16-11-,34-6+,40-31+,44-43-. The van der Waals surface area contributed by atoms with Crippen LogP contribution in [0.25, 0.3) is 6.08 Å². The van der Waals surface area contributed by atoms with E-state index in [4.69, 9.17) is 14.2 Å². The van der Waals surface area contributed by atoms with Crippen LogP contribution in [0.4, 0.5) is 11.4 Å². The fourth-order valence-electron chi connectivity index (χ4n) is 5.49. The first-order valence-corrected chi connectivity index (χ1v) is 17.0. The molecule has 0 spiro atoms. The first-order chi connectivity index (χ1) is 24.9. The van der Waals surface area contributed by atoms with Gasteiger partial charge in [0, 0.05) is 23.6 Å². The lowest BCUT2D eigenvalue weighted by Crippen LogP contribution is -2.32. The average Bonchev–Trinajstić information content (AvgIpc) is 3.29. The summed E-state index contributed by atoms with van der Waals surface area (Å²) in [5, 5.41) is 0. The molecule has 5 rings (SSSR count). The van der Waals surface area contributed by atoms with Gasteiger partial charge in [0.1, 0.15) is 5.75 Å². The second kappa shape index (κ2) is 18.0. The summed E-state index contributed by atoms with van der Waals surface area (Å²) in [6.07, 6.45) is 23.8. The number of hydrogen-bond donors (Lipinski definition) is 0. The van der Waals surface area contributed by atoms with Crippen molar-refractivity contribution in [3.05, 3.63) is 167 Å². The van der Waals surface area contributed by atoms with Crippen LogP contribution in [-0.4, -0.2) is 43.1 Å². The number of anilines is 1. The number of para-hydroxylation sites is 1. The molecule has 8 heteroatoms. The highest BCUT2D eigenvalue weighted by atomic mass is 16.5. The minimum absolute atomic E-state index is 0.0886. The van der Waals surface area contributed by atoms with Gasteiger partial charge in [-0.25, -0.2) is 4.79 Å². The number of ether oxygens (including phenoxy) is 3. The molecule has 1 heterocycles. The predicted molar refractivity (Wildman–Crippen MR) is 205 cm³/mol. The van der Waals surface area contributed by atoms with E-state index in [1.54, 1.807) is 44.4 Å². The van der Waals surface area contributed by atoms with Crippen LogP contribution in [0.15, 0.2) is 156 Å². The second-order valence-corrected chi connectivity index (χ2v) is 11.5. The van der Waals surface area contributed by atoms with Crippen LogP contribution in [0.3, 0.4) is 0 Å². The second-order valence-electron chi connectivity index (χ2n) is 11.5. The Hall–Kier alpha value is -6.15. The highest BCUT2D eigenvalue weighted by Crippen LogP contribution is 2.30. The van der Waals surface area contributed by atoms with Crippen LogP contribution in [0, 0.1) is 0 Å². The number of benzene rings is 3. The fourth-order valence-corrected chi connectivity index (χ4v) is 5.49. The van der Waals surface area contributed by atoms with Crippen LogP contribution < -0.4 is 9.64 Å². The molecule has 2 aliphatic rings.